The van der Waals surface area contributed by atoms with Crippen LogP contribution in [-0.2, 0) is 13.5 Å². The van der Waals surface area contributed by atoms with Crippen LogP contribution in [0.2, 0.25) is 0 Å². The van der Waals surface area contributed by atoms with Crippen LogP contribution in [0.25, 0.3) is 0 Å². The van der Waals surface area contributed by atoms with Crippen LogP contribution < -0.4 is 11.1 Å². The van der Waals surface area contributed by atoms with Crippen molar-refractivity contribution in [2.75, 3.05) is 12.3 Å². The predicted octanol–water partition coefficient (Wildman–Crippen LogP) is 2.11. The van der Waals surface area contributed by atoms with E-state index in [9.17, 15) is 4.79 Å². The summed E-state index contributed by atoms with van der Waals surface area (Å²) < 4.78 is 2.61. The summed E-state index contributed by atoms with van der Waals surface area (Å²) in [5, 5.41) is 6.99. The molecule has 2 aromatic heterocycles. The van der Waals surface area contributed by atoms with Gasteiger partial charge in [0.05, 0.1) is 15.2 Å². The minimum absolute atomic E-state index is 0.184. The summed E-state index contributed by atoms with van der Waals surface area (Å²) in [7, 11) is 1.72. The van der Waals surface area contributed by atoms with Crippen LogP contribution in [0.4, 0.5) is 5.69 Å². The molecule has 0 aliphatic rings. The van der Waals surface area contributed by atoms with Crippen molar-refractivity contribution in [1.82, 2.24) is 15.1 Å². The van der Waals surface area contributed by atoms with E-state index in [4.69, 9.17) is 5.73 Å². The first-order valence-electron chi connectivity index (χ1n) is 5.80. The molecule has 0 saturated carbocycles. The maximum Gasteiger partial charge on any atom is 0.271 e. The van der Waals surface area contributed by atoms with Crippen LogP contribution >= 0.6 is 27.3 Å². The number of nitrogens with one attached hydrogen (secondary N) is 1. The molecule has 102 valence electrons. The van der Waals surface area contributed by atoms with Crippen LogP contribution in [-0.4, -0.2) is 22.2 Å². The van der Waals surface area contributed by atoms with Crippen LogP contribution in [0, 0.1) is 6.92 Å². The van der Waals surface area contributed by atoms with Gasteiger partial charge in [-0.15, -0.1) is 11.3 Å². The molecule has 0 aliphatic heterocycles. The fourth-order valence-corrected chi connectivity index (χ4v) is 3.30. The molecule has 7 heteroatoms. The molecule has 0 saturated heterocycles. The van der Waals surface area contributed by atoms with E-state index in [0.717, 1.165) is 10.2 Å². The Hall–Kier alpha value is -1.34. The number of thiophene rings is 1. The zero-order valence-corrected chi connectivity index (χ0v) is 13.1. The van der Waals surface area contributed by atoms with Crippen molar-refractivity contribution in [3.05, 3.63) is 32.2 Å². The van der Waals surface area contributed by atoms with E-state index in [1.54, 1.807) is 25.3 Å². The van der Waals surface area contributed by atoms with Crippen molar-refractivity contribution in [2.45, 2.75) is 13.3 Å². The van der Waals surface area contributed by atoms with E-state index < -0.39 is 0 Å². The minimum atomic E-state index is -0.184. The van der Waals surface area contributed by atoms with Gasteiger partial charge >= 0.3 is 0 Å². The van der Waals surface area contributed by atoms with E-state index in [1.165, 1.54) is 9.56 Å². The number of aryl methyl sites for hydroxylation is 2. The van der Waals surface area contributed by atoms with E-state index in [0.29, 0.717) is 23.6 Å². The summed E-state index contributed by atoms with van der Waals surface area (Å²) in [6, 6.07) is 4.05. The maximum atomic E-state index is 12.0. The molecule has 0 fully saturated rings. The van der Waals surface area contributed by atoms with Gasteiger partial charge in [0, 0.05) is 18.5 Å². The van der Waals surface area contributed by atoms with Crippen molar-refractivity contribution < 1.29 is 4.79 Å². The minimum Gasteiger partial charge on any atom is -0.395 e. The molecule has 0 aliphatic carbocycles. The quantitative estimate of drug-likeness (QED) is 0.893. The zero-order valence-electron chi connectivity index (χ0n) is 10.7. The van der Waals surface area contributed by atoms with Crippen LogP contribution in [0.3, 0.4) is 0 Å². The number of carbonyl (C=O) groups is 1. The molecule has 0 radical (unpaired) electrons. The van der Waals surface area contributed by atoms with Gasteiger partial charge < -0.3 is 11.1 Å². The summed E-state index contributed by atoms with van der Waals surface area (Å²) in [5.74, 6) is -0.184. The molecule has 2 aromatic rings. The van der Waals surface area contributed by atoms with Gasteiger partial charge in [-0.05, 0) is 41.4 Å². The van der Waals surface area contributed by atoms with Gasteiger partial charge in [-0.1, -0.05) is 0 Å². The SMILES string of the molecule is Cc1nn(C)c(C(=O)NCCc2ccc(Br)s2)c1N. The van der Waals surface area contributed by atoms with E-state index in [1.807, 2.05) is 12.1 Å². The molecule has 1 amide bonds. The molecule has 5 nitrogen and oxygen atoms in total. The number of carbonyl (C=O) groups excluding carboxylic acids is 1. The van der Waals surface area contributed by atoms with Gasteiger partial charge in [0.1, 0.15) is 5.69 Å². The first-order chi connectivity index (χ1) is 8.99. The molecular weight excluding hydrogens is 328 g/mol. The number of anilines is 1. The zero-order chi connectivity index (χ0) is 14.0. The number of aromatic nitrogens is 2. The smallest absolute Gasteiger partial charge is 0.271 e. The lowest BCUT2D eigenvalue weighted by Gasteiger charge is -2.05. The summed E-state index contributed by atoms with van der Waals surface area (Å²) in [6.07, 6.45) is 0.804. The van der Waals surface area contributed by atoms with E-state index in [-0.39, 0.29) is 5.91 Å². The molecule has 2 heterocycles. The average Bonchev–Trinajstić information content (AvgIpc) is 2.84. The normalized spacial score (nSPS) is 10.7. The molecule has 0 unspecified atom stereocenters. The lowest BCUT2D eigenvalue weighted by atomic mass is 10.3. The van der Waals surface area contributed by atoms with Crippen molar-refractivity contribution in [2.24, 2.45) is 7.05 Å². The number of nitrogen functional groups attached to an aromatic ring is 1. The third kappa shape index (κ3) is 3.16. The van der Waals surface area contributed by atoms with Crippen molar-refractivity contribution in [3.8, 4) is 0 Å². The largest absolute Gasteiger partial charge is 0.395 e. The highest BCUT2D eigenvalue weighted by atomic mass is 79.9. The second-order valence-corrected chi connectivity index (χ2v) is 6.73. The average molecular weight is 343 g/mol. The third-order valence-electron chi connectivity index (χ3n) is 2.77. The lowest BCUT2D eigenvalue weighted by Crippen LogP contribution is -2.28. The Balaban J connectivity index is 1.94. The van der Waals surface area contributed by atoms with Crippen molar-refractivity contribution in [1.29, 1.82) is 0 Å². The predicted molar refractivity (Wildman–Crippen MR) is 80.4 cm³/mol. The van der Waals surface area contributed by atoms with Gasteiger partial charge in [0.15, 0.2) is 0 Å². The van der Waals surface area contributed by atoms with E-state index >= 15 is 0 Å². The third-order valence-corrected chi connectivity index (χ3v) is 4.45. The summed E-state index contributed by atoms with van der Waals surface area (Å²) in [4.78, 5) is 13.3. The highest BCUT2D eigenvalue weighted by Crippen LogP contribution is 2.22. The molecule has 0 bridgehead atoms. The molecule has 0 aromatic carbocycles. The number of hydrogen-bond donors (Lipinski definition) is 2. The Labute approximate surface area is 123 Å². The monoisotopic (exact) mass is 342 g/mol. The Morgan fingerprint density at radius 2 is 2.32 bits per heavy atom. The number of nitrogens with two attached hydrogens (primary N) is 1. The molecule has 0 atom stereocenters. The molecule has 19 heavy (non-hydrogen) atoms. The number of hydrogen-bond acceptors (Lipinski definition) is 4. The topological polar surface area (TPSA) is 72.9 Å². The van der Waals surface area contributed by atoms with Crippen molar-refractivity contribution in [3.63, 3.8) is 0 Å². The van der Waals surface area contributed by atoms with E-state index in [2.05, 4.69) is 26.3 Å². The van der Waals surface area contributed by atoms with Crippen LogP contribution in [0.5, 0.6) is 0 Å². The van der Waals surface area contributed by atoms with Gasteiger partial charge in [-0.25, -0.2) is 0 Å². The van der Waals surface area contributed by atoms with Gasteiger partial charge in [-0.3, -0.25) is 9.48 Å². The van der Waals surface area contributed by atoms with Gasteiger partial charge in [0.2, 0.25) is 0 Å². The summed E-state index contributed by atoms with van der Waals surface area (Å²) in [5.41, 5.74) is 7.38. The number of rotatable bonds is 4. The Morgan fingerprint density at radius 3 is 2.84 bits per heavy atom. The molecular formula is C12H15BrN4OS. The first-order valence-corrected chi connectivity index (χ1v) is 7.41. The lowest BCUT2D eigenvalue weighted by molar-refractivity contribution is 0.0946. The second kappa shape index (κ2) is 5.75. The van der Waals surface area contributed by atoms with Gasteiger partial charge in [0.25, 0.3) is 5.91 Å². The maximum absolute atomic E-state index is 12.0. The van der Waals surface area contributed by atoms with Crippen LogP contribution in [0.1, 0.15) is 21.1 Å². The van der Waals surface area contributed by atoms with Crippen molar-refractivity contribution >= 4 is 38.9 Å². The highest BCUT2D eigenvalue weighted by molar-refractivity contribution is 9.11. The standard InChI is InChI=1S/C12H15BrN4OS/c1-7-10(14)11(17(2)16-7)12(18)15-6-5-8-3-4-9(13)19-8/h3-4H,5-6,14H2,1-2H3,(H,15,18). The summed E-state index contributed by atoms with van der Waals surface area (Å²) in [6.45, 7) is 2.37. The Bertz CT molecular complexity index is 605. The number of nitrogens with zero attached hydrogens (tertiary/aromatic N) is 2. The second-order valence-electron chi connectivity index (χ2n) is 4.18. The fraction of sp³-hybridized carbons (Fsp3) is 0.333. The summed E-state index contributed by atoms with van der Waals surface area (Å²) >= 11 is 5.08. The Kier molecular flexibility index (Phi) is 4.26. The fourth-order valence-electron chi connectivity index (χ4n) is 1.81. The highest BCUT2D eigenvalue weighted by Gasteiger charge is 2.17. The van der Waals surface area contributed by atoms with Gasteiger partial charge in [-0.2, -0.15) is 5.10 Å². The Morgan fingerprint density at radius 1 is 1.58 bits per heavy atom. The molecule has 0 spiro atoms. The number of halogens is 1. The molecule has 3 N–H and O–H groups in total. The first kappa shape index (κ1) is 14.1. The van der Waals surface area contributed by atoms with Crippen LogP contribution in [0.15, 0.2) is 15.9 Å². The molecule has 2 rings (SSSR count). The number of amides is 1.